The molecule has 2 nitrogen and oxygen atoms in total. The van der Waals surface area contributed by atoms with Crippen molar-refractivity contribution in [3.05, 3.63) is 0 Å². The van der Waals surface area contributed by atoms with Crippen LogP contribution in [0.25, 0.3) is 0 Å². The summed E-state index contributed by atoms with van der Waals surface area (Å²) in [6, 6.07) is 0. The molecule has 0 saturated heterocycles. The van der Waals surface area contributed by atoms with Crippen molar-refractivity contribution in [2.45, 2.75) is 0 Å². The first-order valence-electron chi connectivity index (χ1n) is 0.841. The van der Waals surface area contributed by atoms with Gasteiger partial charge in [0, 0.05) is 0 Å². The summed E-state index contributed by atoms with van der Waals surface area (Å²) in [6.45, 7) is -0.403. The molecule has 22 valence electrons. The first kappa shape index (κ1) is 3.98. The molecule has 0 aromatic carbocycles. The lowest BCUT2D eigenvalue weighted by atomic mass is 10.6. The molecule has 0 spiro atoms. The van der Waals surface area contributed by atoms with Gasteiger partial charge in [-0.15, -0.1) is 0 Å². The number of hydrogen-bond acceptors (Lipinski definition) is 2. The molecule has 2 radical (unpaired) electrons. The van der Waals surface area contributed by atoms with E-state index in [1.165, 1.54) is 0 Å². The quantitative estimate of drug-likeness (QED) is 0.310. The minimum atomic E-state index is -0.403. The highest BCUT2D eigenvalue weighted by molar-refractivity contribution is 5.97. The molecule has 3 heteroatoms. The molecule has 0 aliphatic heterocycles. The van der Waals surface area contributed by atoms with Gasteiger partial charge in [0.2, 0.25) is 0 Å². The fourth-order valence-electron chi connectivity index (χ4n) is 0. The van der Waals surface area contributed by atoms with Crippen LogP contribution in [0, 0.1) is 0 Å². The van der Waals surface area contributed by atoms with E-state index in [2.05, 4.69) is 12.7 Å². The Hall–Kier alpha value is -0.0151. The Kier molecular flexibility index (Phi) is 2.97. The molecule has 4 heavy (non-hydrogen) atoms. The van der Waals surface area contributed by atoms with Crippen molar-refractivity contribution in [3.63, 3.8) is 0 Å². The molecule has 0 unspecified atom stereocenters. The van der Waals surface area contributed by atoms with E-state index >= 15 is 0 Å². The minimum Gasteiger partial charge on any atom is -0.427 e. The highest BCUT2D eigenvalue weighted by atomic mass is 16.5. The van der Waals surface area contributed by atoms with Crippen molar-refractivity contribution in [2.24, 2.45) is 0 Å². The molecule has 0 atom stereocenters. The van der Waals surface area contributed by atoms with Crippen LogP contribution in [0.3, 0.4) is 0 Å². The third-order valence-corrected chi connectivity index (χ3v) is 0.0745. The van der Waals surface area contributed by atoms with Gasteiger partial charge in [0.1, 0.15) is 6.79 Å². The van der Waals surface area contributed by atoms with Gasteiger partial charge < -0.3 is 9.76 Å². The SMILES string of the molecule is [B]OCO. The minimum absolute atomic E-state index is 0.403. The first-order valence-corrected chi connectivity index (χ1v) is 0.841. The predicted octanol–water partition coefficient (Wildman–Crippen LogP) is -0.964. The van der Waals surface area contributed by atoms with Crippen LogP contribution in [0.1, 0.15) is 0 Å². The van der Waals surface area contributed by atoms with Gasteiger partial charge in [0.15, 0.2) is 0 Å². The largest absolute Gasteiger partial charge is 0.427 e. The Morgan fingerprint density at radius 3 is 2.25 bits per heavy atom. The van der Waals surface area contributed by atoms with Crippen LogP contribution in [0.5, 0.6) is 0 Å². The van der Waals surface area contributed by atoms with Crippen LogP contribution < -0.4 is 0 Å². The Labute approximate surface area is 25.8 Å². The van der Waals surface area contributed by atoms with E-state index in [1.54, 1.807) is 0 Å². The van der Waals surface area contributed by atoms with Crippen LogP contribution in [-0.4, -0.2) is 19.9 Å². The number of rotatable bonds is 1. The van der Waals surface area contributed by atoms with Crippen molar-refractivity contribution < 1.29 is 9.76 Å². The molecule has 0 heterocycles. The van der Waals surface area contributed by atoms with Gasteiger partial charge in [-0.1, -0.05) is 0 Å². The Bertz CT molecular complexity index is 8.00. The monoisotopic (exact) mass is 58.0 g/mol. The van der Waals surface area contributed by atoms with E-state index < -0.39 is 6.79 Å². The number of aliphatic hydroxyl groups is 1. The molecule has 0 aliphatic rings. The highest BCUT2D eigenvalue weighted by Gasteiger charge is 1.53. The molecular formula is CH3BO2. The average molecular weight is 57.8 g/mol. The summed E-state index contributed by atoms with van der Waals surface area (Å²) < 4.78 is 3.60. The molecule has 0 aromatic heterocycles. The standard InChI is InChI=1S/CH3BO2/c2-4-1-3/h3H,1H2. The van der Waals surface area contributed by atoms with E-state index in [0.717, 1.165) is 0 Å². The van der Waals surface area contributed by atoms with Crippen molar-refractivity contribution in [1.29, 1.82) is 0 Å². The lowest BCUT2D eigenvalue weighted by Gasteiger charge is -1.76. The molecular weight excluding hydrogens is 54.8 g/mol. The topological polar surface area (TPSA) is 29.5 Å². The maximum absolute atomic E-state index is 7.53. The van der Waals surface area contributed by atoms with Crippen molar-refractivity contribution in [3.8, 4) is 0 Å². The molecule has 0 fully saturated rings. The van der Waals surface area contributed by atoms with Crippen LogP contribution in [0.4, 0.5) is 0 Å². The number of hydrogen-bond donors (Lipinski definition) is 1. The molecule has 0 saturated carbocycles. The average Bonchev–Trinajstić information content (AvgIpc) is 1.37. The van der Waals surface area contributed by atoms with Gasteiger partial charge >= 0.3 is 0 Å². The fourth-order valence-corrected chi connectivity index (χ4v) is 0. The first-order chi connectivity index (χ1) is 1.91. The maximum atomic E-state index is 7.53. The normalized spacial score (nSPS) is 7.25. The Balaban J connectivity index is 1.97. The molecule has 0 aromatic rings. The van der Waals surface area contributed by atoms with Crippen LogP contribution >= 0.6 is 0 Å². The van der Waals surface area contributed by atoms with Crippen LogP contribution in [-0.2, 0) is 4.65 Å². The molecule has 0 aliphatic carbocycles. The second kappa shape index (κ2) is 2.98. The Morgan fingerprint density at radius 1 is 2.00 bits per heavy atom. The van der Waals surface area contributed by atoms with Gasteiger partial charge in [-0.25, -0.2) is 0 Å². The van der Waals surface area contributed by atoms with Crippen molar-refractivity contribution >= 4 is 8.05 Å². The fraction of sp³-hybridized carbons (Fsp3) is 1.00. The summed E-state index contributed by atoms with van der Waals surface area (Å²) in [6.07, 6.45) is 0. The van der Waals surface area contributed by atoms with Crippen LogP contribution in [0.15, 0.2) is 0 Å². The zero-order valence-corrected chi connectivity index (χ0v) is 2.14. The van der Waals surface area contributed by atoms with Crippen molar-refractivity contribution in [2.75, 3.05) is 6.79 Å². The van der Waals surface area contributed by atoms with Gasteiger partial charge in [-0.3, -0.25) is 0 Å². The molecule has 1 N–H and O–H groups in total. The number of aliphatic hydroxyl groups excluding tert-OH is 1. The van der Waals surface area contributed by atoms with E-state index in [1.807, 2.05) is 0 Å². The van der Waals surface area contributed by atoms with E-state index in [4.69, 9.17) is 5.11 Å². The molecule has 0 bridgehead atoms. The smallest absolute Gasteiger partial charge is 0.285 e. The maximum Gasteiger partial charge on any atom is 0.285 e. The lowest BCUT2D eigenvalue weighted by molar-refractivity contribution is 0.108. The van der Waals surface area contributed by atoms with Gasteiger partial charge in [-0.05, 0) is 0 Å². The summed E-state index contributed by atoms with van der Waals surface area (Å²) in [5.74, 6) is 0. The summed E-state index contributed by atoms with van der Waals surface area (Å²) >= 11 is 0. The van der Waals surface area contributed by atoms with Crippen molar-refractivity contribution in [1.82, 2.24) is 0 Å². The van der Waals surface area contributed by atoms with E-state index in [-0.39, 0.29) is 0 Å². The van der Waals surface area contributed by atoms with E-state index in [9.17, 15) is 0 Å². The zero-order chi connectivity index (χ0) is 3.41. The van der Waals surface area contributed by atoms with Gasteiger partial charge in [0.05, 0.1) is 0 Å². The third kappa shape index (κ3) is 1.98. The molecule has 0 amide bonds. The van der Waals surface area contributed by atoms with Crippen LogP contribution in [0.2, 0.25) is 0 Å². The predicted molar refractivity (Wildman–Crippen MR) is 13.9 cm³/mol. The second-order valence-corrected chi connectivity index (χ2v) is 0.296. The zero-order valence-electron chi connectivity index (χ0n) is 2.14. The highest BCUT2D eigenvalue weighted by Crippen LogP contribution is 1.43. The molecule has 0 rings (SSSR count). The lowest BCUT2D eigenvalue weighted by Crippen LogP contribution is -1.81. The van der Waals surface area contributed by atoms with Gasteiger partial charge in [0.25, 0.3) is 8.05 Å². The van der Waals surface area contributed by atoms with E-state index in [0.29, 0.717) is 0 Å². The second-order valence-electron chi connectivity index (χ2n) is 0.296. The summed E-state index contributed by atoms with van der Waals surface area (Å²) in [5, 5.41) is 7.53. The summed E-state index contributed by atoms with van der Waals surface area (Å²) in [5.41, 5.74) is 0. The Morgan fingerprint density at radius 2 is 2.25 bits per heavy atom. The third-order valence-electron chi connectivity index (χ3n) is 0.0745. The van der Waals surface area contributed by atoms with Gasteiger partial charge in [-0.2, -0.15) is 0 Å². The summed E-state index contributed by atoms with van der Waals surface area (Å²) in [4.78, 5) is 0. The summed E-state index contributed by atoms with van der Waals surface area (Å²) in [7, 11) is 4.28.